The first-order valence-corrected chi connectivity index (χ1v) is 9.59. The number of hydrogen-bond acceptors (Lipinski definition) is 6. The molecular formula is C23H25FN2O5. The largest absolute Gasteiger partial charge is 0.487 e. The van der Waals surface area contributed by atoms with E-state index in [9.17, 15) is 19.2 Å². The third-order valence-corrected chi connectivity index (χ3v) is 4.12. The summed E-state index contributed by atoms with van der Waals surface area (Å²) in [4.78, 5) is 24.2. The molecule has 0 aliphatic rings. The smallest absolute Gasteiger partial charge is 0.408 e. The van der Waals surface area contributed by atoms with E-state index in [1.165, 1.54) is 13.2 Å². The van der Waals surface area contributed by atoms with Crippen LogP contribution in [0.4, 0.5) is 9.18 Å². The number of ether oxygens (including phenoxy) is 3. The van der Waals surface area contributed by atoms with Gasteiger partial charge in [0, 0.05) is 12.0 Å². The molecular weight excluding hydrogens is 403 g/mol. The molecule has 2 rings (SSSR count). The van der Waals surface area contributed by atoms with Crippen molar-refractivity contribution in [2.75, 3.05) is 7.11 Å². The third kappa shape index (κ3) is 7.30. The molecule has 0 aliphatic heterocycles. The van der Waals surface area contributed by atoms with Gasteiger partial charge in [0.2, 0.25) is 0 Å². The van der Waals surface area contributed by atoms with Crippen molar-refractivity contribution in [2.24, 2.45) is 0 Å². The monoisotopic (exact) mass is 428 g/mol. The summed E-state index contributed by atoms with van der Waals surface area (Å²) in [6.45, 7) is 5.09. The zero-order valence-electron chi connectivity index (χ0n) is 17.9. The van der Waals surface area contributed by atoms with Crippen LogP contribution in [0.15, 0.2) is 42.5 Å². The van der Waals surface area contributed by atoms with Crippen LogP contribution in [0.3, 0.4) is 0 Å². The van der Waals surface area contributed by atoms with Gasteiger partial charge in [-0.2, -0.15) is 5.26 Å². The molecule has 0 aromatic heterocycles. The number of alkyl carbamates (subject to hydrolysis) is 1. The topological polar surface area (TPSA) is 97.6 Å². The van der Waals surface area contributed by atoms with Crippen LogP contribution in [0.25, 0.3) is 0 Å². The van der Waals surface area contributed by atoms with Gasteiger partial charge in [-0.1, -0.05) is 24.3 Å². The highest BCUT2D eigenvalue weighted by atomic mass is 19.1. The van der Waals surface area contributed by atoms with E-state index in [0.29, 0.717) is 11.1 Å². The highest BCUT2D eigenvalue weighted by Crippen LogP contribution is 2.22. The summed E-state index contributed by atoms with van der Waals surface area (Å²) in [5.41, 5.74) is 0.453. The summed E-state index contributed by atoms with van der Waals surface area (Å²) in [6, 6.07) is 12.0. The molecule has 0 fully saturated rings. The standard InChI is InChI=1S/C23H25FN2O5/c1-23(2,3)31-22(28)26-19(21(27)29-4)12-15-9-10-20(17(11-15)13-25)30-14-16-7-5-6-8-18(16)24/h5-11,19H,12,14H2,1-4H3,(H,26,28)/t19-/m0/s1. The molecule has 164 valence electrons. The first kappa shape index (κ1) is 23.7. The fourth-order valence-corrected chi connectivity index (χ4v) is 2.71. The second-order valence-electron chi connectivity index (χ2n) is 7.75. The van der Waals surface area contributed by atoms with Gasteiger partial charge in [-0.05, 0) is 44.5 Å². The van der Waals surface area contributed by atoms with Crippen LogP contribution in [-0.2, 0) is 27.3 Å². The number of nitriles is 1. The van der Waals surface area contributed by atoms with E-state index in [0.717, 1.165) is 0 Å². The van der Waals surface area contributed by atoms with Crippen LogP contribution in [-0.4, -0.2) is 30.8 Å². The van der Waals surface area contributed by atoms with Gasteiger partial charge in [-0.15, -0.1) is 0 Å². The first-order valence-electron chi connectivity index (χ1n) is 9.59. The van der Waals surface area contributed by atoms with Crippen LogP contribution in [0.5, 0.6) is 5.75 Å². The van der Waals surface area contributed by atoms with Crippen molar-refractivity contribution in [2.45, 2.75) is 45.4 Å². The molecule has 8 heteroatoms. The summed E-state index contributed by atoms with van der Waals surface area (Å²) < 4.78 is 29.3. The zero-order valence-corrected chi connectivity index (χ0v) is 17.9. The Balaban J connectivity index is 2.13. The van der Waals surface area contributed by atoms with E-state index >= 15 is 0 Å². The first-order chi connectivity index (χ1) is 14.6. The number of halogens is 1. The Hall–Kier alpha value is -3.60. The maximum Gasteiger partial charge on any atom is 0.408 e. The number of benzene rings is 2. The van der Waals surface area contributed by atoms with Crippen LogP contribution in [0, 0.1) is 17.1 Å². The second kappa shape index (κ2) is 10.4. The molecule has 7 nitrogen and oxygen atoms in total. The van der Waals surface area contributed by atoms with Crippen LogP contribution < -0.4 is 10.1 Å². The van der Waals surface area contributed by atoms with E-state index in [2.05, 4.69) is 5.32 Å². The van der Waals surface area contributed by atoms with Gasteiger partial charge in [-0.3, -0.25) is 0 Å². The van der Waals surface area contributed by atoms with E-state index in [1.807, 2.05) is 6.07 Å². The van der Waals surface area contributed by atoms with Crippen molar-refractivity contribution in [1.29, 1.82) is 5.26 Å². The molecule has 0 spiro atoms. The van der Waals surface area contributed by atoms with Gasteiger partial charge in [0.05, 0.1) is 12.7 Å². The van der Waals surface area contributed by atoms with Crippen molar-refractivity contribution >= 4 is 12.1 Å². The Morgan fingerprint density at radius 2 is 1.90 bits per heavy atom. The number of methoxy groups -OCH3 is 1. The van der Waals surface area contributed by atoms with E-state index in [4.69, 9.17) is 14.2 Å². The normalized spacial score (nSPS) is 11.7. The predicted molar refractivity (Wildman–Crippen MR) is 111 cm³/mol. The molecule has 0 radical (unpaired) electrons. The lowest BCUT2D eigenvalue weighted by molar-refractivity contribution is -0.143. The Bertz CT molecular complexity index is 979. The van der Waals surface area contributed by atoms with Crippen molar-refractivity contribution in [3.8, 4) is 11.8 Å². The van der Waals surface area contributed by atoms with E-state index < -0.39 is 29.5 Å². The molecule has 0 saturated carbocycles. The molecule has 0 bridgehead atoms. The number of nitrogens with one attached hydrogen (secondary N) is 1. The molecule has 0 heterocycles. The summed E-state index contributed by atoms with van der Waals surface area (Å²) in [6.07, 6.45) is -0.679. The molecule has 1 amide bonds. The van der Waals surface area contributed by atoms with Gasteiger partial charge >= 0.3 is 12.1 Å². The Kier molecular flexibility index (Phi) is 7.97. The SMILES string of the molecule is COC(=O)[C@H](Cc1ccc(OCc2ccccc2F)c(C#N)c1)NC(=O)OC(C)(C)C. The number of nitrogens with zero attached hydrogens (tertiary/aromatic N) is 1. The molecule has 1 N–H and O–H groups in total. The number of esters is 1. The highest BCUT2D eigenvalue weighted by molar-refractivity contribution is 5.81. The minimum absolute atomic E-state index is 0.0360. The average Bonchev–Trinajstić information content (AvgIpc) is 2.71. The second-order valence-corrected chi connectivity index (χ2v) is 7.75. The number of hydrogen-bond donors (Lipinski definition) is 1. The summed E-state index contributed by atoms with van der Waals surface area (Å²) in [5.74, 6) is -0.764. The third-order valence-electron chi connectivity index (χ3n) is 4.12. The zero-order chi connectivity index (χ0) is 23.0. The summed E-state index contributed by atoms with van der Waals surface area (Å²) in [5, 5.41) is 12.0. The van der Waals surface area contributed by atoms with Gasteiger partial charge in [0.1, 0.15) is 35.9 Å². The molecule has 1 atom stereocenters. The maximum absolute atomic E-state index is 13.8. The molecule has 2 aromatic rings. The molecule has 0 unspecified atom stereocenters. The molecule has 0 aliphatic carbocycles. The van der Waals surface area contributed by atoms with E-state index in [1.54, 1.807) is 57.2 Å². The van der Waals surface area contributed by atoms with Crippen molar-refractivity contribution in [3.05, 3.63) is 65.0 Å². The van der Waals surface area contributed by atoms with E-state index in [-0.39, 0.29) is 24.3 Å². The lowest BCUT2D eigenvalue weighted by Crippen LogP contribution is -2.45. The van der Waals surface area contributed by atoms with Crippen LogP contribution in [0.1, 0.15) is 37.5 Å². The highest BCUT2D eigenvalue weighted by Gasteiger charge is 2.25. The Labute approximate surface area is 180 Å². The lowest BCUT2D eigenvalue weighted by atomic mass is 10.0. The minimum Gasteiger partial charge on any atom is -0.487 e. The number of rotatable bonds is 7. The van der Waals surface area contributed by atoms with Gasteiger partial charge in [0.15, 0.2) is 0 Å². The predicted octanol–water partition coefficient (Wildman–Crippen LogP) is 3.89. The van der Waals surface area contributed by atoms with Crippen molar-refractivity contribution in [1.82, 2.24) is 5.32 Å². The Morgan fingerprint density at radius 1 is 1.19 bits per heavy atom. The fraction of sp³-hybridized carbons (Fsp3) is 0.348. The van der Waals surface area contributed by atoms with Gasteiger partial charge in [-0.25, -0.2) is 14.0 Å². The van der Waals surface area contributed by atoms with Crippen LogP contribution >= 0.6 is 0 Å². The van der Waals surface area contributed by atoms with Gasteiger partial charge < -0.3 is 19.5 Å². The number of carbonyl (C=O) groups is 2. The number of amides is 1. The molecule has 2 aromatic carbocycles. The van der Waals surface area contributed by atoms with Crippen molar-refractivity contribution in [3.63, 3.8) is 0 Å². The number of carbonyl (C=O) groups excluding carboxylic acids is 2. The lowest BCUT2D eigenvalue weighted by Gasteiger charge is -2.22. The van der Waals surface area contributed by atoms with Crippen molar-refractivity contribution < 1.29 is 28.2 Å². The Morgan fingerprint density at radius 3 is 2.52 bits per heavy atom. The average molecular weight is 428 g/mol. The summed E-state index contributed by atoms with van der Waals surface area (Å²) in [7, 11) is 1.21. The molecule has 31 heavy (non-hydrogen) atoms. The quantitative estimate of drug-likeness (QED) is 0.672. The van der Waals surface area contributed by atoms with Gasteiger partial charge in [0.25, 0.3) is 0 Å². The summed E-state index contributed by atoms with van der Waals surface area (Å²) >= 11 is 0. The molecule has 0 saturated heterocycles. The van der Waals surface area contributed by atoms with Crippen LogP contribution in [0.2, 0.25) is 0 Å². The fourth-order valence-electron chi connectivity index (χ4n) is 2.71. The maximum atomic E-state index is 13.8. The minimum atomic E-state index is -1.00.